The Kier molecular flexibility index (Phi) is 4.24. The summed E-state index contributed by atoms with van der Waals surface area (Å²) in [7, 11) is -3.37. The molecule has 3 aromatic rings. The van der Waals surface area contributed by atoms with E-state index in [0.717, 1.165) is 33.0 Å². The van der Waals surface area contributed by atoms with E-state index in [2.05, 4.69) is 35.3 Å². The van der Waals surface area contributed by atoms with Crippen LogP contribution in [0.5, 0.6) is 0 Å². The molecule has 1 aromatic heterocycles. The number of fused-ring (bicyclic) bond motifs is 1. The number of hydrogen-bond donors (Lipinski definition) is 0. The fourth-order valence-electron chi connectivity index (χ4n) is 2.27. The highest BCUT2D eigenvalue weighted by Gasteiger charge is 2.04. The molecule has 0 radical (unpaired) electrons. The van der Waals surface area contributed by atoms with Crippen LogP contribution in [0.3, 0.4) is 0 Å². The van der Waals surface area contributed by atoms with E-state index in [1.807, 2.05) is 17.8 Å². The van der Waals surface area contributed by atoms with Gasteiger partial charge in [-0.15, -0.1) is 11.3 Å². The van der Waals surface area contributed by atoms with Gasteiger partial charge in [0.2, 0.25) is 0 Å². The largest absolute Gasteiger partial charge is 0.270 e. The molecule has 22 heavy (non-hydrogen) atoms. The summed E-state index contributed by atoms with van der Waals surface area (Å²) in [6.45, 7) is 0.170. The number of aromatic nitrogens is 1. The van der Waals surface area contributed by atoms with Crippen molar-refractivity contribution in [2.24, 2.45) is 0 Å². The maximum absolute atomic E-state index is 11.0. The monoisotopic (exact) mass is 333 g/mol. The number of hydrogen-bond acceptors (Lipinski definition) is 5. The molecule has 0 atom stereocenters. The van der Waals surface area contributed by atoms with Gasteiger partial charge in [0.15, 0.2) is 0 Å². The molecule has 2 aromatic carbocycles. The van der Waals surface area contributed by atoms with Crippen LogP contribution in [0.2, 0.25) is 0 Å². The van der Waals surface area contributed by atoms with Gasteiger partial charge in [0.25, 0.3) is 10.1 Å². The molecule has 114 valence electrons. The fourth-order valence-corrected chi connectivity index (χ4v) is 3.28. The normalized spacial score (nSPS) is 11.9. The second-order valence-corrected chi connectivity index (χ2v) is 7.57. The predicted molar refractivity (Wildman–Crippen MR) is 89.6 cm³/mol. The minimum absolute atomic E-state index is 0.170. The molecule has 0 aliphatic carbocycles. The molecule has 0 aliphatic rings. The van der Waals surface area contributed by atoms with E-state index in [9.17, 15) is 8.42 Å². The molecule has 0 N–H and O–H groups in total. The van der Waals surface area contributed by atoms with Crippen LogP contribution in [0, 0.1) is 0 Å². The lowest BCUT2D eigenvalue weighted by atomic mass is 10.0. The Balaban J connectivity index is 1.81. The second-order valence-electron chi connectivity index (χ2n) is 5.04. The Hall–Kier alpha value is -1.76. The zero-order valence-electron chi connectivity index (χ0n) is 12.0. The average molecular weight is 333 g/mol. The summed E-state index contributed by atoms with van der Waals surface area (Å²) in [5, 5.41) is 2.28. The Morgan fingerprint density at radius 1 is 1.14 bits per heavy atom. The molecule has 0 unspecified atom stereocenters. The van der Waals surface area contributed by atoms with Crippen LogP contribution in [0.25, 0.3) is 21.2 Å². The number of thiazole rings is 1. The van der Waals surface area contributed by atoms with Crippen molar-refractivity contribution in [2.75, 3.05) is 12.9 Å². The van der Waals surface area contributed by atoms with Gasteiger partial charge in [-0.3, -0.25) is 9.17 Å². The highest BCUT2D eigenvalue weighted by molar-refractivity contribution is 7.85. The van der Waals surface area contributed by atoms with Gasteiger partial charge in [0, 0.05) is 6.20 Å². The fraction of sp³-hybridized carbons (Fsp3) is 0.188. The van der Waals surface area contributed by atoms with Crippen LogP contribution in [0.15, 0.2) is 48.1 Å². The van der Waals surface area contributed by atoms with Gasteiger partial charge >= 0.3 is 0 Å². The van der Waals surface area contributed by atoms with E-state index in [-0.39, 0.29) is 6.61 Å². The van der Waals surface area contributed by atoms with Crippen molar-refractivity contribution in [1.82, 2.24) is 4.98 Å². The lowest BCUT2D eigenvalue weighted by Crippen LogP contribution is -2.06. The molecule has 4 nitrogen and oxygen atoms in total. The lowest BCUT2D eigenvalue weighted by Gasteiger charge is -2.06. The first-order valence-corrected chi connectivity index (χ1v) is 9.47. The third-order valence-corrected chi connectivity index (χ3v) is 4.73. The lowest BCUT2D eigenvalue weighted by molar-refractivity contribution is 0.326. The minimum atomic E-state index is -3.37. The van der Waals surface area contributed by atoms with Crippen molar-refractivity contribution in [3.63, 3.8) is 0 Å². The van der Waals surface area contributed by atoms with Crippen LogP contribution in [0.1, 0.15) is 5.56 Å². The first-order chi connectivity index (χ1) is 10.5. The Morgan fingerprint density at radius 3 is 2.64 bits per heavy atom. The van der Waals surface area contributed by atoms with E-state index in [4.69, 9.17) is 4.18 Å². The maximum Gasteiger partial charge on any atom is 0.264 e. The topological polar surface area (TPSA) is 56.3 Å². The molecule has 0 saturated carbocycles. The zero-order chi connectivity index (χ0) is 15.6. The maximum atomic E-state index is 11.0. The summed E-state index contributed by atoms with van der Waals surface area (Å²) in [6.07, 6.45) is 3.50. The summed E-state index contributed by atoms with van der Waals surface area (Å²) in [4.78, 5) is 5.25. The molecule has 0 amide bonds. The number of nitrogens with zero attached hydrogens (tertiary/aromatic N) is 1. The molecule has 1 heterocycles. The summed E-state index contributed by atoms with van der Waals surface area (Å²) in [6, 6.07) is 12.4. The summed E-state index contributed by atoms with van der Waals surface area (Å²) in [5.41, 5.74) is 4.04. The van der Waals surface area contributed by atoms with E-state index in [1.54, 1.807) is 11.3 Å². The molecule has 3 rings (SSSR count). The highest BCUT2D eigenvalue weighted by Crippen LogP contribution is 2.27. The number of benzene rings is 2. The SMILES string of the molecule is CS(=O)(=O)OCCc1ccc2cc(-c3cncs3)ccc2c1. The van der Waals surface area contributed by atoms with Gasteiger partial charge in [-0.25, -0.2) is 0 Å². The first-order valence-electron chi connectivity index (χ1n) is 6.77. The van der Waals surface area contributed by atoms with Crippen molar-refractivity contribution in [3.8, 4) is 10.4 Å². The predicted octanol–water partition coefficient (Wildman–Crippen LogP) is 3.48. The van der Waals surface area contributed by atoms with Gasteiger partial charge in [-0.05, 0) is 34.4 Å². The molecular formula is C16H15NO3S2. The van der Waals surface area contributed by atoms with Gasteiger partial charge in [-0.1, -0.05) is 30.3 Å². The van der Waals surface area contributed by atoms with E-state index < -0.39 is 10.1 Å². The third-order valence-electron chi connectivity index (χ3n) is 3.31. The molecular weight excluding hydrogens is 318 g/mol. The van der Waals surface area contributed by atoms with Crippen molar-refractivity contribution in [2.45, 2.75) is 6.42 Å². The van der Waals surface area contributed by atoms with E-state index in [0.29, 0.717) is 6.42 Å². The van der Waals surface area contributed by atoms with Crippen molar-refractivity contribution < 1.29 is 12.6 Å². The van der Waals surface area contributed by atoms with Crippen LogP contribution in [-0.4, -0.2) is 26.3 Å². The minimum Gasteiger partial charge on any atom is -0.270 e. The van der Waals surface area contributed by atoms with E-state index in [1.165, 1.54) is 0 Å². The van der Waals surface area contributed by atoms with E-state index >= 15 is 0 Å². The standard InChI is InChI=1S/C16H15NO3S2/c1-22(18,19)20-7-6-12-2-3-14-9-15(5-4-13(14)8-12)16-10-17-11-21-16/h2-5,8-11H,6-7H2,1H3. The molecule has 0 saturated heterocycles. The zero-order valence-corrected chi connectivity index (χ0v) is 13.7. The van der Waals surface area contributed by atoms with Gasteiger partial charge in [0.05, 0.1) is 23.3 Å². The summed E-state index contributed by atoms with van der Waals surface area (Å²) in [5.74, 6) is 0. The van der Waals surface area contributed by atoms with Crippen molar-refractivity contribution in [3.05, 3.63) is 53.7 Å². The van der Waals surface area contributed by atoms with Crippen LogP contribution >= 0.6 is 11.3 Å². The van der Waals surface area contributed by atoms with Crippen LogP contribution < -0.4 is 0 Å². The molecule has 0 fully saturated rings. The first kappa shape index (κ1) is 15.1. The van der Waals surface area contributed by atoms with Crippen LogP contribution in [-0.2, 0) is 20.7 Å². The molecule has 6 heteroatoms. The molecule has 0 spiro atoms. The average Bonchev–Trinajstić information content (AvgIpc) is 2.99. The van der Waals surface area contributed by atoms with Crippen LogP contribution in [0.4, 0.5) is 0 Å². The molecule has 0 bridgehead atoms. The second kappa shape index (κ2) is 6.16. The van der Waals surface area contributed by atoms with Gasteiger partial charge in [-0.2, -0.15) is 8.42 Å². The Morgan fingerprint density at radius 2 is 1.91 bits per heavy atom. The van der Waals surface area contributed by atoms with Crippen molar-refractivity contribution >= 4 is 32.2 Å². The quantitative estimate of drug-likeness (QED) is 0.671. The highest BCUT2D eigenvalue weighted by atomic mass is 32.2. The van der Waals surface area contributed by atoms with Gasteiger partial charge < -0.3 is 0 Å². The Labute approximate surface area is 133 Å². The van der Waals surface area contributed by atoms with Crippen molar-refractivity contribution in [1.29, 1.82) is 0 Å². The third kappa shape index (κ3) is 3.71. The number of rotatable bonds is 5. The summed E-state index contributed by atoms with van der Waals surface area (Å²) < 4.78 is 26.7. The smallest absolute Gasteiger partial charge is 0.264 e. The Bertz CT molecular complexity index is 887. The van der Waals surface area contributed by atoms with Gasteiger partial charge in [0.1, 0.15) is 0 Å². The summed E-state index contributed by atoms with van der Waals surface area (Å²) >= 11 is 1.62. The molecule has 0 aliphatic heterocycles.